The molecule has 5 heteroatoms. The first-order valence-corrected chi connectivity index (χ1v) is 1.22. The minimum absolute atomic E-state index is 0. The van der Waals surface area contributed by atoms with Gasteiger partial charge in [0.05, 0.1) is 0 Å². The van der Waals surface area contributed by atoms with Gasteiger partial charge in [-0.05, 0) is 0 Å². The third-order valence-electron chi connectivity index (χ3n) is 0. The Balaban J connectivity index is -0.0000000200. The normalized spacial score (nSPS) is 1.60. The van der Waals surface area contributed by atoms with Crippen molar-refractivity contribution in [2.24, 2.45) is 0 Å². The first-order valence-electron chi connectivity index (χ1n) is 0.408. The monoisotopic (exact) mass is 179 g/mol. The standard InChI is InChI=1S/Al.O2Si.Y.3H/c;1-3-2;;;;. The fourth-order valence-electron chi connectivity index (χ4n) is 0. The summed E-state index contributed by atoms with van der Waals surface area (Å²) in [5.74, 6) is 0. The molecule has 0 aromatic heterocycles. The summed E-state index contributed by atoms with van der Waals surface area (Å²) in [5.41, 5.74) is 0. The van der Waals surface area contributed by atoms with Gasteiger partial charge in [-0.1, -0.05) is 0 Å². The first kappa shape index (κ1) is 16.1. The van der Waals surface area contributed by atoms with Gasteiger partial charge in [0.15, 0.2) is 17.4 Å². The molecule has 2 nitrogen and oxygen atoms in total. The maximum absolute atomic E-state index is 8.40. The molecule has 0 spiro atoms. The molecule has 0 amide bonds. The molecule has 0 aliphatic rings. The van der Waals surface area contributed by atoms with E-state index < -0.39 is 9.29 Å². The topological polar surface area (TPSA) is 34.1 Å². The largest absolute Gasteiger partial charge is 0.549 e. The predicted octanol–water partition coefficient (Wildman–Crippen LogP) is -1.80. The van der Waals surface area contributed by atoms with E-state index in [1.165, 1.54) is 0 Å². The van der Waals surface area contributed by atoms with Crippen molar-refractivity contribution in [3.05, 3.63) is 0 Å². The molecule has 0 aromatic rings. The van der Waals surface area contributed by atoms with Crippen LogP contribution >= 0.6 is 0 Å². The summed E-state index contributed by atoms with van der Waals surface area (Å²) < 4.78 is 16.8. The number of rotatable bonds is 0. The van der Waals surface area contributed by atoms with E-state index in [4.69, 9.17) is 8.92 Å². The van der Waals surface area contributed by atoms with Crippen molar-refractivity contribution in [3.63, 3.8) is 0 Å². The molecular formula is H3AlO2SiY. The van der Waals surface area contributed by atoms with E-state index in [1.807, 2.05) is 0 Å². The van der Waals surface area contributed by atoms with Crippen LogP contribution in [0.5, 0.6) is 0 Å². The molecule has 0 N–H and O–H groups in total. The van der Waals surface area contributed by atoms with E-state index in [-0.39, 0.29) is 50.1 Å². The summed E-state index contributed by atoms with van der Waals surface area (Å²) >= 11 is 0. The third kappa shape index (κ3) is 30.8. The van der Waals surface area contributed by atoms with E-state index in [9.17, 15) is 0 Å². The van der Waals surface area contributed by atoms with Gasteiger partial charge in [0.2, 0.25) is 0 Å². The van der Waals surface area contributed by atoms with Gasteiger partial charge in [0.25, 0.3) is 0 Å². The average molecular weight is 179 g/mol. The molecule has 0 aliphatic carbocycles. The SMILES string of the molecule is O=[Si]=O.[AlH3].[Y]. The molecule has 0 rings (SSSR count). The Morgan fingerprint density at radius 1 is 1.20 bits per heavy atom. The number of hydrogen-bond acceptors (Lipinski definition) is 2. The summed E-state index contributed by atoms with van der Waals surface area (Å²) in [6.45, 7) is 0. The fourth-order valence-corrected chi connectivity index (χ4v) is 0. The molecule has 0 atom stereocenters. The third-order valence-corrected chi connectivity index (χ3v) is 0. The van der Waals surface area contributed by atoms with E-state index >= 15 is 0 Å². The van der Waals surface area contributed by atoms with Gasteiger partial charge in [0.1, 0.15) is 0 Å². The van der Waals surface area contributed by atoms with Crippen LogP contribution in [0.2, 0.25) is 0 Å². The van der Waals surface area contributed by atoms with Crippen LogP contribution in [0.3, 0.4) is 0 Å². The second-order valence-electron chi connectivity index (χ2n) is 0.0833. The van der Waals surface area contributed by atoms with Crippen LogP contribution in [0.4, 0.5) is 0 Å². The zero-order valence-corrected chi connectivity index (χ0v) is 5.73. The van der Waals surface area contributed by atoms with Gasteiger partial charge in [-0.15, -0.1) is 0 Å². The van der Waals surface area contributed by atoms with Crippen molar-refractivity contribution in [1.29, 1.82) is 0 Å². The van der Waals surface area contributed by atoms with Crippen LogP contribution in [0.1, 0.15) is 0 Å². The molecule has 0 fully saturated rings. The Hall–Kier alpha value is 1.45. The first-order chi connectivity index (χ1) is 1.41. The van der Waals surface area contributed by atoms with Crippen molar-refractivity contribution in [3.8, 4) is 0 Å². The van der Waals surface area contributed by atoms with E-state index in [1.54, 1.807) is 0 Å². The van der Waals surface area contributed by atoms with Crippen LogP contribution < -0.4 is 0 Å². The predicted molar refractivity (Wildman–Crippen MR) is 17.1 cm³/mol. The maximum atomic E-state index is 8.40. The molecular weight excluding hydrogens is 176 g/mol. The minimum atomic E-state index is -1.42. The summed E-state index contributed by atoms with van der Waals surface area (Å²) in [7, 11) is -1.42. The smallest absolute Gasteiger partial charge is 0.274 e. The fraction of sp³-hybridized carbons (Fsp3) is 0. The van der Waals surface area contributed by atoms with Gasteiger partial charge in [-0.25, -0.2) is 0 Å². The van der Waals surface area contributed by atoms with E-state index in [0.717, 1.165) is 0 Å². The summed E-state index contributed by atoms with van der Waals surface area (Å²) in [5, 5.41) is 0. The molecule has 1 radical (unpaired) electrons. The summed E-state index contributed by atoms with van der Waals surface area (Å²) in [4.78, 5) is 0. The van der Waals surface area contributed by atoms with E-state index in [2.05, 4.69) is 0 Å². The van der Waals surface area contributed by atoms with Crippen LogP contribution in [-0.2, 0) is 41.6 Å². The van der Waals surface area contributed by atoms with Gasteiger partial charge in [-0.3, -0.25) is 8.92 Å². The maximum Gasteiger partial charge on any atom is 0.549 e. The van der Waals surface area contributed by atoms with Crippen molar-refractivity contribution in [2.45, 2.75) is 0 Å². The van der Waals surface area contributed by atoms with E-state index in [0.29, 0.717) is 0 Å². The van der Waals surface area contributed by atoms with Crippen molar-refractivity contribution in [1.82, 2.24) is 0 Å². The molecule has 25 valence electrons. The Morgan fingerprint density at radius 2 is 1.20 bits per heavy atom. The second kappa shape index (κ2) is 18.0. The zero-order valence-electron chi connectivity index (χ0n) is 1.89. The Kier molecular flexibility index (Phi) is 57.8. The molecule has 0 aromatic carbocycles. The van der Waals surface area contributed by atoms with Gasteiger partial charge in [-0.2, -0.15) is 0 Å². The van der Waals surface area contributed by atoms with Crippen molar-refractivity contribution in [2.75, 3.05) is 0 Å². The van der Waals surface area contributed by atoms with Gasteiger partial charge >= 0.3 is 9.29 Å². The summed E-state index contributed by atoms with van der Waals surface area (Å²) in [6.07, 6.45) is 0. The van der Waals surface area contributed by atoms with Crippen LogP contribution in [0, 0.1) is 0 Å². The van der Waals surface area contributed by atoms with Crippen LogP contribution in [0.25, 0.3) is 0 Å². The minimum Gasteiger partial charge on any atom is -0.274 e. The Labute approximate surface area is 67.7 Å². The second-order valence-corrected chi connectivity index (χ2v) is 0.250. The molecule has 5 heavy (non-hydrogen) atoms. The van der Waals surface area contributed by atoms with Crippen molar-refractivity contribution < 1.29 is 41.6 Å². The Bertz CT molecular complexity index is 30.6. The average Bonchev–Trinajstić information content (AvgIpc) is 0.918. The molecule has 0 aliphatic heterocycles. The molecule has 0 bridgehead atoms. The van der Waals surface area contributed by atoms with Gasteiger partial charge < -0.3 is 0 Å². The van der Waals surface area contributed by atoms with Crippen LogP contribution in [-0.4, -0.2) is 26.7 Å². The van der Waals surface area contributed by atoms with Crippen LogP contribution in [0.15, 0.2) is 0 Å². The molecule has 0 heterocycles. The number of hydrogen-bond donors (Lipinski definition) is 0. The molecule has 0 saturated heterocycles. The molecule has 0 unspecified atom stereocenters. The Morgan fingerprint density at radius 3 is 1.20 bits per heavy atom. The zero-order chi connectivity index (χ0) is 2.71. The quantitative estimate of drug-likeness (QED) is 0.411. The van der Waals surface area contributed by atoms with Gasteiger partial charge in [0, 0.05) is 32.7 Å². The van der Waals surface area contributed by atoms with Crippen molar-refractivity contribution >= 4 is 26.7 Å². The summed E-state index contributed by atoms with van der Waals surface area (Å²) in [6, 6.07) is 0. The molecule has 0 saturated carbocycles.